The lowest BCUT2D eigenvalue weighted by Gasteiger charge is -2.29. The summed E-state index contributed by atoms with van der Waals surface area (Å²) in [6.45, 7) is 5.76. The van der Waals surface area contributed by atoms with Gasteiger partial charge in [-0.25, -0.2) is 4.79 Å². The van der Waals surface area contributed by atoms with E-state index in [0.717, 1.165) is 25.9 Å². The molecule has 1 aliphatic heterocycles. The second kappa shape index (κ2) is 7.27. The number of hydrogen-bond donors (Lipinski definition) is 1. The highest BCUT2D eigenvalue weighted by Crippen LogP contribution is 2.24. The third-order valence-corrected chi connectivity index (χ3v) is 4.39. The summed E-state index contributed by atoms with van der Waals surface area (Å²) >= 11 is 0. The van der Waals surface area contributed by atoms with Crippen LogP contribution < -0.4 is 15.7 Å². The van der Waals surface area contributed by atoms with Gasteiger partial charge >= 0.3 is 5.63 Å². The van der Waals surface area contributed by atoms with Crippen molar-refractivity contribution in [3.63, 3.8) is 0 Å². The van der Waals surface area contributed by atoms with Crippen molar-refractivity contribution < 1.29 is 13.9 Å². The summed E-state index contributed by atoms with van der Waals surface area (Å²) < 4.78 is 10.9. The van der Waals surface area contributed by atoms with Gasteiger partial charge in [0.05, 0.1) is 11.7 Å². The first kappa shape index (κ1) is 17.5. The molecule has 1 saturated heterocycles. The van der Waals surface area contributed by atoms with E-state index in [4.69, 9.17) is 9.15 Å². The number of ether oxygens (including phenoxy) is 1. The van der Waals surface area contributed by atoms with Crippen molar-refractivity contribution in [1.82, 2.24) is 10.2 Å². The minimum atomic E-state index is -0.539. The Morgan fingerprint density at radius 3 is 2.68 bits per heavy atom. The van der Waals surface area contributed by atoms with Crippen molar-refractivity contribution in [2.24, 2.45) is 0 Å². The number of rotatable bonds is 4. The number of amides is 1. The minimum absolute atomic E-state index is 0.0140. The van der Waals surface area contributed by atoms with Crippen molar-refractivity contribution in [1.29, 1.82) is 0 Å². The molecule has 25 heavy (non-hydrogen) atoms. The molecule has 1 amide bonds. The van der Waals surface area contributed by atoms with E-state index in [9.17, 15) is 9.59 Å². The van der Waals surface area contributed by atoms with Crippen LogP contribution in [0.3, 0.4) is 0 Å². The van der Waals surface area contributed by atoms with Gasteiger partial charge < -0.3 is 19.4 Å². The number of carbonyl (C=O) groups is 1. The lowest BCUT2D eigenvalue weighted by atomic mass is 10.0. The molecule has 0 radical (unpaired) electrons. The van der Waals surface area contributed by atoms with Gasteiger partial charge in [-0.05, 0) is 59.0 Å². The molecule has 1 aromatic carbocycles. The first-order valence-electron chi connectivity index (χ1n) is 8.66. The molecule has 3 rings (SSSR count). The minimum Gasteiger partial charge on any atom is -0.491 e. The van der Waals surface area contributed by atoms with Crippen LogP contribution in [0.4, 0.5) is 0 Å². The molecular formula is C19H24N2O4. The smallest absolute Gasteiger partial charge is 0.337 e. The first-order valence-corrected chi connectivity index (χ1v) is 8.66. The summed E-state index contributed by atoms with van der Waals surface area (Å²) in [6, 6.07) is 6.60. The fraction of sp³-hybridized carbons (Fsp3) is 0.474. The monoisotopic (exact) mass is 344 g/mol. The van der Waals surface area contributed by atoms with E-state index in [1.807, 2.05) is 13.8 Å². The SMILES string of the molecule is CC(C)Oc1ccc2c(C(=O)NC3CCN(C)CC3)cc(=O)oc2c1. The second-order valence-electron chi connectivity index (χ2n) is 6.85. The normalized spacial score (nSPS) is 16.3. The molecule has 6 heteroatoms. The number of benzene rings is 1. The van der Waals surface area contributed by atoms with E-state index in [2.05, 4.69) is 17.3 Å². The standard InChI is InChI=1S/C19H24N2O4/c1-12(2)24-14-4-5-15-16(11-18(22)25-17(15)10-14)19(23)20-13-6-8-21(3)9-7-13/h4-5,10-13H,6-9H2,1-3H3,(H,20,23). The van der Waals surface area contributed by atoms with Crippen molar-refractivity contribution in [3.05, 3.63) is 40.2 Å². The molecule has 0 unspecified atom stereocenters. The summed E-state index contributed by atoms with van der Waals surface area (Å²) in [6.07, 6.45) is 1.84. The molecule has 0 aliphatic carbocycles. The number of hydrogen-bond acceptors (Lipinski definition) is 5. The van der Waals surface area contributed by atoms with E-state index in [-0.39, 0.29) is 18.1 Å². The molecule has 2 heterocycles. The Bertz CT molecular complexity index is 820. The van der Waals surface area contributed by atoms with Crippen LogP contribution in [0, 0.1) is 0 Å². The van der Waals surface area contributed by atoms with Gasteiger partial charge in [0.15, 0.2) is 0 Å². The summed E-state index contributed by atoms with van der Waals surface area (Å²) in [5, 5.41) is 3.66. The zero-order valence-corrected chi connectivity index (χ0v) is 14.9. The second-order valence-corrected chi connectivity index (χ2v) is 6.85. The first-order chi connectivity index (χ1) is 11.9. The largest absolute Gasteiger partial charge is 0.491 e. The molecule has 2 aromatic rings. The van der Waals surface area contributed by atoms with Gasteiger partial charge in [0, 0.05) is 23.6 Å². The molecule has 134 valence electrons. The Hall–Kier alpha value is -2.34. The van der Waals surface area contributed by atoms with Crippen molar-refractivity contribution in [2.45, 2.75) is 38.8 Å². The average Bonchev–Trinajstić information content (AvgIpc) is 2.55. The third-order valence-electron chi connectivity index (χ3n) is 4.39. The van der Waals surface area contributed by atoms with Gasteiger partial charge in [-0.15, -0.1) is 0 Å². The molecule has 6 nitrogen and oxygen atoms in total. The van der Waals surface area contributed by atoms with Crippen LogP contribution in [0.5, 0.6) is 5.75 Å². The van der Waals surface area contributed by atoms with Gasteiger partial charge in [0.1, 0.15) is 11.3 Å². The summed E-state index contributed by atoms with van der Waals surface area (Å²) in [5.41, 5.74) is 0.170. The van der Waals surface area contributed by atoms with Crippen LogP contribution in [-0.2, 0) is 0 Å². The van der Waals surface area contributed by atoms with Crippen molar-refractivity contribution in [2.75, 3.05) is 20.1 Å². The van der Waals surface area contributed by atoms with Gasteiger partial charge in [-0.1, -0.05) is 0 Å². The predicted octanol–water partition coefficient (Wildman–Crippen LogP) is 2.40. The van der Waals surface area contributed by atoms with Crippen LogP contribution in [0.15, 0.2) is 33.5 Å². The summed E-state index contributed by atoms with van der Waals surface area (Å²) in [5.74, 6) is 0.378. The molecular weight excluding hydrogens is 320 g/mol. The molecule has 1 fully saturated rings. The highest BCUT2D eigenvalue weighted by atomic mass is 16.5. The Labute approximate surface area is 146 Å². The number of fused-ring (bicyclic) bond motifs is 1. The van der Waals surface area contributed by atoms with E-state index in [1.165, 1.54) is 6.07 Å². The number of likely N-dealkylation sites (tertiary alicyclic amines) is 1. The summed E-state index contributed by atoms with van der Waals surface area (Å²) in [7, 11) is 2.07. The predicted molar refractivity (Wildman–Crippen MR) is 96.2 cm³/mol. The maximum absolute atomic E-state index is 12.7. The highest BCUT2D eigenvalue weighted by Gasteiger charge is 2.21. The maximum atomic E-state index is 12.7. The van der Waals surface area contributed by atoms with Crippen LogP contribution in [0.2, 0.25) is 0 Å². The molecule has 0 atom stereocenters. The van der Waals surface area contributed by atoms with Gasteiger partial charge in [0.2, 0.25) is 0 Å². The Morgan fingerprint density at radius 2 is 2.00 bits per heavy atom. The third kappa shape index (κ3) is 4.20. The lowest BCUT2D eigenvalue weighted by molar-refractivity contribution is 0.0918. The molecule has 1 aliphatic rings. The Kier molecular flexibility index (Phi) is 5.08. The summed E-state index contributed by atoms with van der Waals surface area (Å²) in [4.78, 5) is 26.8. The fourth-order valence-electron chi connectivity index (χ4n) is 3.09. The lowest BCUT2D eigenvalue weighted by Crippen LogP contribution is -2.43. The molecule has 0 spiro atoms. The van der Waals surface area contributed by atoms with Gasteiger partial charge in [-0.3, -0.25) is 4.79 Å². The molecule has 0 saturated carbocycles. The number of carbonyl (C=O) groups excluding carboxylic acids is 1. The van der Waals surface area contributed by atoms with E-state index in [1.54, 1.807) is 18.2 Å². The van der Waals surface area contributed by atoms with Gasteiger partial charge in [0.25, 0.3) is 5.91 Å². The van der Waals surface area contributed by atoms with E-state index >= 15 is 0 Å². The van der Waals surface area contributed by atoms with Crippen molar-refractivity contribution >= 4 is 16.9 Å². The van der Waals surface area contributed by atoms with Gasteiger partial charge in [-0.2, -0.15) is 0 Å². The topological polar surface area (TPSA) is 71.8 Å². The molecule has 1 aromatic heterocycles. The number of piperidine rings is 1. The van der Waals surface area contributed by atoms with Crippen LogP contribution in [0.25, 0.3) is 11.0 Å². The number of nitrogens with one attached hydrogen (secondary N) is 1. The average molecular weight is 344 g/mol. The maximum Gasteiger partial charge on any atom is 0.337 e. The van der Waals surface area contributed by atoms with Crippen LogP contribution >= 0.6 is 0 Å². The zero-order valence-electron chi connectivity index (χ0n) is 14.9. The van der Waals surface area contributed by atoms with Crippen LogP contribution in [0.1, 0.15) is 37.0 Å². The van der Waals surface area contributed by atoms with E-state index < -0.39 is 5.63 Å². The van der Waals surface area contributed by atoms with Crippen molar-refractivity contribution in [3.8, 4) is 5.75 Å². The highest BCUT2D eigenvalue weighted by molar-refractivity contribution is 6.05. The number of nitrogens with zero attached hydrogens (tertiary/aromatic N) is 1. The van der Waals surface area contributed by atoms with Crippen LogP contribution in [-0.4, -0.2) is 43.1 Å². The van der Waals surface area contributed by atoms with E-state index in [0.29, 0.717) is 22.3 Å². The quantitative estimate of drug-likeness (QED) is 0.863. The Balaban J connectivity index is 1.87. The molecule has 1 N–H and O–H groups in total. The Morgan fingerprint density at radius 1 is 1.28 bits per heavy atom. The zero-order chi connectivity index (χ0) is 18.0. The molecule has 0 bridgehead atoms. The fourth-order valence-corrected chi connectivity index (χ4v) is 3.09.